The molecule has 1 saturated heterocycles. The van der Waals surface area contributed by atoms with E-state index in [-0.39, 0.29) is 36.3 Å². The highest BCUT2D eigenvalue weighted by molar-refractivity contribution is 7.88. The standard InChI is InChI=1S/C13H25N3O3S.ClH/c1-20(18,19)16-7-3-5-11(9-16)15-13(17)8-10-4-2-6-12(10)14;/h10-12H,2-9,14H2,1H3,(H,15,17);1H/t10-,11?,12+;/m0./s1. The second kappa shape index (κ2) is 7.76. The van der Waals surface area contributed by atoms with Gasteiger partial charge in [0.05, 0.1) is 6.26 Å². The summed E-state index contributed by atoms with van der Waals surface area (Å²) in [4.78, 5) is 12.0. The lowest BCUT2D eigenvalue weighted by atomic mass is 9.99. The van der Waals surface area contributed by atoms with Gasteiger partial charge in [-0.3, -0.25) is 4.79 Å². The number of sulfonamides is 1. The van der Waals surface area contributed by atoms with Crippen molar-refractivity contribution in [3.63, 3.8) is 0 Å². The Hall–Kier alpha value is -0.370. The van der Waals surface area contributed by atoms with Gasteiger partial charge in [-0.25, -0.2) is 12.7 Å². The van der Waals surface area contributed by atoms with Crippen LogP contribution < -0.4 is 11.1 Å². The predicted octanol–water partition coefficient (Wildman–Crippen LogP) is 0.466. The quantitative estimate of drug-likeness (QED) is 0.778. The first-order valence-electron chi connectivity index (χ1n) is 7.36. The van der Waals surface area contributed by atoms with E-state index in [2.05, 4.69) is 5.32 Å². The minimum Gasteiger partial charge on any atom is -0.352 e. The molecule has 1 aliphatic heterocycles. The number of rotatable bonds is 4. The molecule has 124 valence electrons. The Kier molecular flexibility index (Phi) is 6.90. The number of carbonyl (C=O) groups excluding carboxylic acids is 1. The lowest BCUT2D eigenvalue weighted by Gasteiger charge is -2.31. The van der Waals surface area contributed by atoms with Crippen LogP contribution in [0.4, 0.5) is 0 Å². The van der Waals surface area contributed by atoms with Gasteiger partial charge in [-0.05, 0) is 31.6 Å². The van der Waals surface area contributed by atoms with E-state index in [1.54, 1.807) is 0 Å². The molecule has 1 aliphatic carbocycles. The Labute approximate surface area is 133 Å². The Morgan fingerprint density at radius 1 is 1.29 bits per heavy atom. The van der Waals surface area contributed by atoms with Crippen LogP contribution in [0.15, 0.2) is 0 Å². The predicted molar refractivity (Wildman–Crippen MR) is 84.8 cm³/mol. The number of halogens is 1. The van der Waals surface area contributed by atoms with Crippen molar-refractivity contribution in [3.8, 4) is 0 Å². The Morgan fingerprint density at radius 3 is 2.57 bits per heavy atom. The number of carbonyl (C=O) groups is 1. The van der Waals surface area contributed by atoms with Gasteiger partial charge in [0.25, 0.3) is 0 Å². The van der Waals surface area contributed by atoms with Crippen LogP contribution in [0.1, 0.15) is 38.5 Å². The molecule has 2 fully saturated rings. The summed E-state index contributed by atoms with van der Waals surface area (Å²) in [6.45, 7) is 0.944. The van der Waals surface area contributed by atoms with E-state index in [4.69, 9.17) is 5.73 Å². The van der Waals surface area contributed by atoms with Gasteiger partial charge < -0.3 is 11.1 Å². The fourth-order valence-corrected chi connectivity index (χ4v) is 4.12. The van der Waals surface area contributed by atoms with Crippen LogP contribution in [0.3, 0.4) is 0 Å². The first kappa shape index (κ1) is 18.7. The van der Waals surface area contributed by atoms with Crippen LogP contribution in [0.25, 0.3) is 0 Å². The molecule has 1 amide bonds. The Balaban J connectivity index is 0.00000220. The molecule has 3 atom stereocenters. The van der Waals surface area contributed by atoms with Crippen molar-refractivity contribution in [2.24, 2.45) is 11.7 Å². The van der Waals surface area contributed by atoms with Gasteiger partial charge in [-0.1, -0.05) is 6.42 Å². The molecule has 0 aromatic heterocycles. The van der Waals surface area contributed by atoms with E-state index < -0.39 is 10.0 Å². The van der Waals surface area contributed by atoms with Crippen molar-refractivity contribution >= 4 is 28.3 Å². The largest absolute Gasteiger partial charge is 0.352 e. The molecule has 0 bridgehead atoms. The second-order valence-electron chi connectivity index (χ2n) is 6.09. The highest BCUT2D eigenvalue weighted by atomic mass is 35.5. The molecule has 1 unspecified atom stereocenters. The minimum absolute atomic E-state index is 0. The number of hydrogen-bond donors (Lipinski definition) is 2. The Bertz CT molecular complexity index is 458. The third-order valence-corrected chi connectivity index (χ3v) is 5.65. The summed E-state index contributed by atoms with van der Waals surface area (Å²) >= 11 is 0. The number of amides is 1. The molecular weight excluding hydrogens is 314 g/mol. The van der Waals surface area contributed by atoms with Crippen LogP contribution in [-0.4, -0.2) is 50.1 Å². The number of nitrogens with one attached hydrogen (secondary N) is 1. The third-order valence-electron chi connectivity index (χ3n) is 4.38. The molecule has 2 rings (SSSR count). The summed E-state index contributed by atoms with van der Waals surface area (Å²) in [5.41, 5.74) is 5.97. The lowest BCUT2D eigenvalue weighted by Crippen LogP contribution is -2.49. The van der Waals surface area contributed by atoms with Crippen LogP contribution in [-0.2, 0) is 14.8 Å². The minimum atomic E-state index is -3.16. The average molecular weight is 340 g/mol. The van der Waals surface area contributed by atoms with Crippen LogP contribution in [0.5, 0.6) is 0 Å². The fourth-order valence-electron chi connectivity index (χ4n) is 3.21. The molecule has 6 nitrogen and oxygen atoms in total. The molecule has 0 radical (unpaired) electrons. The van der Waals surface area contributed by atoms with E-state index in [0.717, 1.165) is 32.1 Å². The second-order valence-corrected chi connectivity index (χ2v) is 8.07. The van der Waals surface area contributed by atoms with Crippen LogP contribution >= 0.6 is 12.4 Å². The molecule has 21 heavy (non-hydrogen) atoms. The summed E-state index contributed by atoms with van der Waals surface area (Å²) < 4.78 is 24.5. The molecule has 1 heterocycles. The van der Waals surface area contributed by atoms with Crippen LogP contribution in [0, 0.1) is 5.92 Å². The molecule has 2 aliphatic rings. The fraction of sp³-hybridized carbons (Fsp3) is 0.923. The van der Waals surface area contributed by atoms with Gasteiger partial charge in [0.1, 0.15) is 0 Å². The first-order chi connectivity index (χ1) is 9.36. The zero-order chi connectivity index (χ0) is 14.8. The molecule has 1 saturated carbocycles. The zero-order valence-corrected chi connectivity index (χ0v) is 14.1. The van der Waals surface area contributed by atoms with Gasteiger partial charge in [-0.15, -0.1) is 12.4 Å². The van der Waals surface area contributed by atoms with E-state index in [1.165, 1.54) is 10.6 Å². The summed E-state index contributed by atoms with van der Waals surface area (Å²) in [6.07, 6.45) is 6.45. The van der Waals surface area contributed by atoms with E-state index in [0.29, 0.717) is 19.5 Å². The highest BCUT2D eigenvalue weighted by Crippen LogP contribution is 2.26. The van der Waals surface area contributed by atoms with Gasteiger partial charge in [0.2, 0.25) is 15.9 Å². The number of nitrogens with zero attached hydrogens (tertiary/aromatic N) is 1. The van der Waals surface area contributed by atoms with Gasteiger partial charge >= 0.3 is 0 Å². The van der Waals surface area contributed by atoms with Crippen molar-refractivity contribution in [1.82, 2.24) is 9.62 Å². The SMILES string of the molecule is CS(=O)(=O)N1CCCC(NC(=O)C[C@@H]2CCC[C@H]2N)C1.Cl. The molecule has 0 aromatic rings. The lowest BCUT2D eigenvalue weighted by molar-refractivity contribution is -0.123. The van der Waals surface area contributed by atoms with Gasteiger partial charge in [-0.2, -0.15) is 0 Å². The van der Waals surface area contributed by atoms with E-state index >= 15 is 0 Å². The van der Waals surface area contributed by atoms with E-state index in [9.17, 15) is 13.2 Å². The average Bonchev–Trinajstić information content (AvgIpc) is 2.74. The van der Waals surface area contributed by atoms with Crippen LogP contribution in [0.2, 0.25) is 0 Å². The topological polar surface area (TPSA) is 92.5 Å². The van der Waals surface area contributed by atoms with E-state index in [1.807, 2.05) is 0 Å². The molecule has 0 spiro atoms. The maximum Gasteiger partial charge on any atom is 0.220 e. The zero-order valence-electron chi connectivity index (χ0n) is 12.5. The molecule has 8 heteroatoms. The molecular formula is C13H26ClN3O3S. The van der Waals surface area contributed by atoms with Crippen molar-refractivity contribution in [2.75, 3.05) is 19.3 Å². The third kappa shape index (κ3) is 5.39. The van der Waals surface area contributed by atoms with Crippen molar-refractivity contribution in [1.29, 1.82) is 0 Å². The highest BCUT2D eigenvalue weighted by Gasteiger charge is 2.29. The smallest absolute Gasteiger partial charge is 0.220 e. The monoisotopic (exact) mass is 339 g/mol. The van der Waals surface area contributed by atoms with Gasteiger partial charge in [0, 0.05) is 31.6 Å². The summed E-state index contributed by atoms with van der Waals surface area (Å²) in [7, 11) is -3.16. The maximum absolute atomic E-state index is 12.0. The van der Waals surface area contributed by atoms with Crippen molar-refractivity contribution in [2.45, 2.75) is 50.6 Å². The Morgan fingerprint density at radius 2 is 2.00 bits per heavy atom. The normalized spacial score (nSPS) is 30.7. The summed E-state index contributed by atoms with van der Waals surface area (Å²) in [5.74, 6) is 0.289. The first-order valence-corrected chi connectivity index (χ1v) is 9.21. The summed E-state index contributed by atoms with van der Waals surface area (Å²) in [6, 6.07) is 0.0724. The van der Waals surface area contributed by atoms with Crippen molar-refractivity contribution in [3.05, 3.63) is 0 Å². The number of nitrogens with two attached hydrogens (primary N) is 1. The summed E-state index contributed by atoms with van der Waals surface area (Å²) in [5, 5.41) is 2.97. The molecule has 3 N–H and O–H groups in total. The number of hydrogen-bond acceptors (Lipinski definition) is 4. The molecule has 0 aromatic carbocycles. The van der Waals surface area contributed by atoms with Gasteiger partial charge in [0.15, 0.2) is 0 Å². The number of piperidine rings is 1. The van der Waals surface area contributed by atoms with Crippen molar-refractivity contribution < 1.29 is 13.2 Å². The maximum atomic E-state index is 12.0.